The van der Waals surface area contributed by atoms with E-state index in [1.54, 1.807) is 11.5 Å². The Bertz CT molecular complexity index is 1230. The first-order valence-corrected chi connectivity index (χ1v) is 10.6. The van der Waals surface area contributed by atoms with Crippen molar-refractivity contribution in [2.45, 2.75) is 39.4 Å². The molecule has 0 aliphatic carbocycles. The molecular formula is C25H26N4O4. The van der Waals surface area contributed by atoms with Crippen molar-refractivity contribution in [3.8, 4) is 0 Å². The molecule has 1 aromatic heterocycles. The van der Waals surface area contributed by atoms with Gasteiger partial charge in [-0.15, -0.1) is 0 Å². The third-order valence-electron chi connectivity index (χ3n) is 5.97. The van der Waals surface area contributed by atoms with E-state index in [0.29, 0.717) is 12.2 Å². The van der Waals surface area contributed by atoms with Gasteiger partial charge in [0.15, 0.2) is 5.69 Å². The molecule has 0 spiro atoms. The molecule has 0 saturated carbocycles. The smallest absolute Gasteiger partial charge is 0.359 e. The first kappa shape index (κ1) is 22.3. The summed E-state index contributed by atoms with van der Waals surface area (Å²) in [7, 11) is 1.24. The average Bonchev–Trinajstić information content (AvgIpc) is 3.22. The molecule has 1 aliphatic heterocycles. The van der Waals surface area contributed by atoms with Crippen LogP contribution in [0.3, 0.4) is 0 Å². The number of carbonyl (C=O) groups is 3. The van der Waals surface area contributed by atoms with Crippen molar-refractivity contribution in [3.05, 3.63) is 82.9 Å². The van der Waals surface area contributed by atoms with Crippen LogP contribution in [0.25, 0.3) is 0 Å². The van der Waals surface area contributed by atoms with E-state index in [-0.39, 0.29) is 23.8 Å². The van der Waals surface area contributed by atoms with E-state index >= 15 is 0 Å². The van der Waals surface area contributed by atoms with E-state index in [0.717, 1.165) is 16.7 Å². The zero-order valence-corrected chi connectivity index (χ0v) is 19.1. The number of imidazole rings is 1. The SMILES string of the molecule is COC(=O)c1ncn2c1C(=O)N(c1ccc(C)cc1C)[C@@](C)(C(=O)NCc1ccccc1)C2. The number of rotatable bonds is 5. The first-order chi connectivity index (χ1) is 15.8. The van der Waals surface area contributed by atoms with Crippen molar-refractivity contribution in [2.24, 2.45) is 0 Å². The number of aromatic nitrogens is 2. The lowest BCUT2D eigenvalue weighted by atomic mass is 9.92. The molecular weight excluding hydrogens is 420 g/mol. The lowest BCUT2D eigenvalue weighted by Gasteiger charge is -2.44. The second kappa shape index (κ2) is 8.54. The Labute approximate surface area is 192 Å². The van der Waals surface area contributed by atoms with Gasteiger partial charge in [0.1, 0.15) is 11.2 Å². The van der Waals surface area contributed by atoms with Gasteiger partial charge in [-0.1, -0.05) is 48.0 Å². The molecule has 1 atom stereocenters. The van der Waals surface area contributed by atoms with Crippen LogP contribution in [0.1, 0.15) is 44.6 Å². The Hall–Kier alpha value is -3.94. The normalized spacial score (nSPS) is 17.5. The van der Waals surface area contributed by atoms with Gasteiger partial charge in [0.2, 0.25) is 5.91 Å². The minimum Gasteiger partial charge on any atom is -0.464 e. The van der Waals surface area contributed by atoms with Crippen LogP contribution < -0.4 is 10.2 Å². The van der Waals surface area contributed by atoms with Gasteiger partial charge < -0.3 is 14.6 Å². The van der Waals surface area contributed by atoms with Crippen LogP contribution >= 0.6 is 0 Å². The van der Waals surface area contributed by atoms with E-state index in [9.17, 15) is 14.4 Å². The average molecular weight is 447 g/mol. The zero-order valence-electron chi connectivity index (χ0n) is 19.1. The highest BCUT2D eigenvalue weighted by molar-refractivity contribution is 6.15. The van der Waals surface area contributed by atoms with Crippen molar-refractivity contribution < 1.29 is 19.1 Å². The molecule has 1 N–H and O–H groups in total. The van der Waals surface area contributed by atoms with Crippen LogP contribution in [0.4, 0.5) is 5.69 Å². The first-order valence-electron chi connectivity index (χ1n) is 10.6. The zero-order chi connectivity index (χ0) is 23.8. The van der Waals surface area contributed by atoms with Crippen LogP contribution in [0.15, 0.2) is 54.9 Å². The molecule has 0 bridgehead atoms. The molecule has 2 heterocycles. The summed E-state index contributed by atoms with van der Waals surface area (Å²) in [5.41, 5.74) is 2.22. The second-order valence-electron chi connectivity index (χ2n) is 8.43. The molecule has 8 heteroatoms. The third kappa shape index (κ3) is 3.88. The van der Waals surface area contributed by atoms with Gasteiger partial charge >= 0.3 is 5.97 Å². The van der Waals surface area contributed by atoms with Crippen LogP contribution in [0.5, 0.6) is 0 Å². The maximum atomic E-state index is 13.8. The van der Waals surface area contributed by atoms with E-state index < -0.39 is 17.4 Å². The number of hydrogen-bond acceptors (Lipinski definition) is 5. The third-order valence-corrected chi connectivity index (χ3v) is 5.97. The summed E-state index contributed by atoms with van der Waals surface area (Å²) in [5, 5.41) is 2.97. The van der Waals surface area contributed by atoms with Crippen molar-refractivity contribution >= 4 is 23.5 Å². The van der Waals surface area contributed by atoms with Crippen molar-refractivity contribution in [1.82, 2.24) is 14.9 Å². The summed E-state index contributed by atoms with van der Waals surface area (Å²) in [4.78, 5) is 45.2. The van der Waals surface area contributed by atoms with Gasteiger partial charge in [0.25, 0.3) is 5.91 Å². The molecule has 33 heavy (non-hydrogen) atoms. The molecule has 1 aliphatic rings. The number of benzene rings is 2. The van der Waals surface area contributed by atoms with Crippen molar-refractivity contribution in [1.29, 1.82) is 0 Å². The molecule has 2 amide bonds. The molecule has 2 aromatic carbocycles. The minimum absolute atomic E-state index is 0.0657. The van der Waals surface area contributed by atoms with Gasteiger partial charge in [-0.2, -0.15) is 0 Å². The van der Waals surface area contributed by atoms with Gasteiger partial charge in [-0.05, 0) is 38.0 Å². The monoisotopic (exact) mass is 446 g/mol. The highest BCUT2D eigenvalue weighted by Gasteiger charge is 2.50. The number of ether oxygens (including phenoxy) is 1. The number of anilines is 1. The van der Waals surface area contributed by atoms with Crippen molar-refractivity contribution in [3.63, 3.8) is 0 Å². The maximum Gasteiger partial charge on any atom is 0.359 e. The highest BCUT2D eigenvalue weighted by atomic mass is 16.5. The van der Waals surface area contributed by atoms with Crippen molar-refractivity contribution in [2.75, 3.05) is 12.0 Å². The molecule has 8 nitrogen and oxygen atoms in total. The van der Waals surface area contributed by atoms with E-state index in [1.165, 1.54) is 18.3 Å². The number of aryl methyl sites for hydroxylation is 2. The summed E-state index contributed by atoms with van der Waals surface area (Å²) >= 11 is 0. The molecule has 3 aromatic rings. The molecule has 0 fully saturated rings. The summed E-state index contributed by atoms with van der Waals surface area (Å²) in [6, 6.07) is 15.2. The fourth-order valence-electron chi connectivity index (χ4n) is 4.28. The van der Waals surface area contributed by atoms with E-state index in [4.69, 9.17) is 4.74 Å². The lowest BCUT2D eigenvalue weighted by molar-refractivity contribution is -0.126. The molecule has 0 unspecified atom stereocenters. The predicted octanol–water partition coefficient (Wildman–Crippen LogP) is 3.02. The number of nitrogens with one attached hydrogen (secondary N) is 1. The number of esters is 1. The Morgan fingerprint density at radius 3 is 2.55 bits per heavy atom. The highest BCUT2D eigenvalue weighted by Crippen LogP contribution is 2.36. The molecule has 0 radical (unpaired) electrons. The van der Waals surface area contributed by atoms with Crippen LogP contribution in [0.2, 0.25) is 0 Å². The van der Waals surface area contributed by atoms with E-state index in [2.05, 4.69) is 10.3 Å². The topological polar surface area (TPSA) is 93.5 Å². The summed E-state index contributed by atoms with van der Waals surface area (Å²) < 4.78 is 6.36. The molecule has 170 valence electrons. The number of methoxy groups -OCH3 is 1. The number of hydrogen-bond donors (Lipinski definition) is 1. The maximum absolute atomic E-state index is 13.8. The van der Waals surface area contributed by atoms with Gasteiger partial charge in [0.05, 0.1) is 20.0 Å². The largest absolute Gasteiger partial charge is 0.464 e. The Morgan fingerprint density at radius 2 is 1.88 bits per heavy atom. The van der Waals surface area contributed by atoms with Gasteiger partial charge in [-0.3, -0.25) is 14.5 Å². The van der Waals surface area contributed by atoms with Gasteiger partial charge in [0, 0.05) is 12.2 Å². The summed E-state index contributed by atoms with van der Waals surface area (Å²) in [6.07, 6.45) is 1.40. The lowest BCUT2D eigenvalue weighted by Crippen LogP contribution is -2.64. The summed E-state index contributed by atoms with van der Waals surface area (Å²) in [5.74, 6) is -1.49. The quantitative estimate of drug-likeness (QED) is 0.608. The van der Waals surface area contributed by atoms with Crippen LogP contribution in [-0.2, 0) is 22.6 Å². The Balaban J connectivity index is 1.79. The number of carbonyl (C=O) groups excluding carboxylic acids is 3. The van der Waals surface area contributed by atoms with Crippen LogP contribution in [0, 0.1) is 13.8 Å². The Morgan fingerprint density at radius 1 is 1.15 bits per heavy atom. The number of amides is 2. The summed E-state index contributed by atoms with van der Waals surface area (Å²) in [6.45, 7) is 6.04. The van der Waals surface area contributed by atoms with Crippen LogP contribution in [-0.4, -0.2) is 40.0 Å². The fourth-order valence-corrected chi connectivity index (χ4v) is 4.28. The standard InChI is InChI=1S/C25H26N4O4/c1-16-10-11-19(17(2)12-16)29-22(30)21-20(23(31)33-4)27-15-28(21)14-25(29,3)24(32)26-13-18-8-6-5-7-9-18/h5-12,15H,13-14H2,1-4H3,(H,26,32)/t25-/m1/s1. The number of nitrogens with zero attached hydrogens (tertiary/aromatic N) is 3. The predicted molar refractivity (Wildman–Crippen MR) is 123 cm³/mol. The Kier molecular flexibility index (Phi) is 5.76. The molecule has 0 saturated heterocycles. The fraction of sp³-hybridized carbons (Fsp3) is 0.280. The number of fused-ring (bicyclic) bond motifs is 1. The minimum atomic E-state index is -1.26. The molecule has 4 rings (SSSR count). The van der Waals surface area contributed by atoms with Gasteiger partial charge in [-0.25, -0.2) is 9.78 Å². The van der Waals surface area contributed by atoms with E-state index in [1.807, 2.05) is 62.4 Å². The second-order valence-corrected chi connectivity index (χ2v) is 8.43.